The van der Waals surface area contributed by atoms with Gasteiger partial charge in [-0.05, 0) is 26.3 Å². The minimum Gasteiger partial charge on any atom is -0.444 e. The second kappa shape index (κ2) is 6.11. The van der Waals surface area contributed by atoms with Gasteiger partial charge in [0, 0.05) is 24.1 Å². The second-order valence-corrected chi connectivity index (χ2v) is 6.54. The van der Waals surface area contributed by atoms with Crippen LogP contribution in [0.4, 0.5) is 10.5 Å². The van der Waals surface area contributed by atoms with Gasteiger partial charge in [-0.3, -0.25) is 10.1 Å². The number of carbonyl (C=O) groups is 1. The molecule has 0 aliphatic heterocycles. The van der Waals surface area contributed by atoms with E-state index < -0.39 is 16.6 Å². The molecule has 1 aromatic carbocycles. The Morgan fingerprint density at radius 2 is 1.71 bits per heavy atom. The van der Waals surface area contributed by atoms with Crippen LogP contribution in [-0.4, -0.2) is 23.2 Å². The van der Waals surface area contributed by atoms with E-state index in [4.69, 9.17) is 4.74 Å². The third-order valence-corrected chi connectivity index (χ3v) is 2.93. The lowest BCUT2D eigenvalue weighted by Crippen LogP contribution is -2.39. The molecule has 0 atom stereocenters. The summed E-state index contributed by atoms with van der Waals surface area (Å²) in [5.74, 6) is 0. The molecular weight excluding hydrogens is 272 g/mol. The number of carbonyl (C=O) groups excluding carboxylic acids is 1. The van der Waals surface area contributed by atoms with Gasteiger partial charge in [0.15, 0.2) is 0 Å². The zero-order chi connectivity index (χ0) is 16.3. The molecule has 1 aromatic rings. The molecule has 1 amide bonds. The number of nitro benzene ring substituents is 1. The summed E-state index contributed by atoms with van der Waals surface area (Å²) < 4.78 is 5.18. The molecule has 0 aliphatic carbocycles. The summed E-state index contributed by atoms with van der Waals surface area (Å²) in [5, 5.41) is 13.4. The maximum Gasteiger partial charge on any atom is 0.407 e. The van der Waals surface area contributed by atoms with Crippen molar-refractivity contribution in [1.29, 1.82) is 0 Å². The van der Waals surface area contributed by atoms with Crippen LogP contribution in [0.2, 0.25) is 0 Å². The van der Waals surface area contributed by atoms with Crippen LogP contribution < -0.4 is 5.32 Å². The number of nitro groups is 1. The molecule has 0 spiro atoms. The highest BCUT2D eigenvalue weighted by Crippen LogP contribution is 2.24. The summed E-state index contributed by atoms with van der Waals surface area (Å²) in [6.07, 6.45) is -0.475. The van der Waals surface area contributed by atoms with Gasteiger partial charge in [0.2, 0.25) is 0 Å². The van der Waals surface area contributed by atoms with Gasteiger partial charge in [-0.25, -0.2) is 4.79 Å². The third kappa shape index (κ3) is 5.41. The van der Waals surface area contributed by atoms with E-state index in [-0.39, 0.29) is 11.1 Å². The van der Waals surface area contributed by atoms with Gasteiger partial charge in [0.1, 0.15) is 5.60 Å². The number of ether oxygens (including phenoxy) is 1. The van der Waals surface area contributed by atoms with Crippen molar-refractivity contribution in [2.24, 2.45) is 0 Å². The average Bonchev–Trinajstić information content (AvgIpc) is 2.34. The van der Waals surface area contributed by atoms with Crippen molar-refractivity contribution in [3.8, 4) is 0 Å². The van der Waals surface area contributed by atoms with Crippen LogP contribution in [0.3, 0.4) is 0 Å². The first-order chi connectivity index (χ1) is 9.51. The van der Waals surface area contributed by atoms with E-state index in [0.29, 0.717) is 6.54 Å². The zero-order valence-electron chi connectivity index (χ0n) is 13.1. The van der Waals surface area contributed by atoms with Gasteiger partial charge in [-0.2, -0.15) is 0 Å². The molecule has 0 saturated carbocycles. The number of hydrogen-bond donors (Lipinski definition) is 1. The molecule has 0 bridgehead atoms. The van der Waals surface area contributed by atoms with Gasteiger partial charge in [-0.15, -0.1) is 0 Å². The van der Waals surface area contributed by atoms with Crippen molar-refractivity contribution in [2.75, 3.05) is 6.54 Å². The number of amides is 1. The number of non-ortho nitro benzene ring substituents is 1. The summed E-state index contributed by atoms with van der Waals surface area (Å²) >= 11 is 0. The molecule has 0 aliphatic rings. The fourth-order valence-corrected chi connectivity index (χ4v) is 1.74. The monoisotopic (exact) mass is 294 g/mol. The Hall–Kier alpha value is -2.11. The number of alkyl carbamates (subject to hydrolysis) is 1. The Labute approximate surface area is 124 Å². The van der Waals surface area contributed by atoms with E-state index in [1.165, 1.54) is 12.1 Å². The van der Waals surface area contributed by atoms with Crippen molar-refractivity contribution in [1.82, 2.24) is 5.32 Å². The lowest BCUT2D eigenvalue weighted by molar-refractivity contribution is -0.384. The first-order valence-electron chi connectivity index (χ1n) is 6.73. The number of rotatable bonds is 4. The van der Waals surface area contributed by atoms with Crippen LogP contribution in [0.1, 0.15) is 40.2 Å². The Bertz CT molecular complexity index is 515. The first-order valence-corrected chi connectivity index (χ1v) is 6.73. The van der Waals surface area contributed by atoms with Gasteiger partial charge in [-0.1, -0.05) is 26.0 Å². The van der Waals surface area contributed by atoms with E-state index >= 15 is 0 Å². The normalized spacial score (nSPS) is 11.9. The number of nitrogens with one attached hydrogen (secondary N) is 1. The van der Waals surface area contributed by atoms with Crippen molar-refractivity contribution in [2.45, 2.75) is 45.6 Å². The molecule has 6 nitrogen and oxygen atoms in total. The van der Waals surface area contributed by atoms with E-state index in [0.717, 1.165) is 5.56 Å². The quantitative estimate of drug-likeness (QED) is 0.681. The molecular formula is C15H22N2O4. The largest absolute Gasteiger partial charge is 0.444 e. The highest BCUT2D eigenvalue weighted by molar-refractivity contribution is 5.67. The number of nitrogens with zero attached hydrogens (tertiary/aromatic N) is 1. The summed E-state index contributed by atoms with van der Waals surface area (Å²) in [7, 11) is 0. The molecule has 116 valence electrons. The van der Waals surface area contributed by atoms with Crippen LogP contribution in [0, 0.1) is 10.1 Å². The molecule has 21 heavy (non-hydrogen) atoms. The molecule has 1 rings (SSSR count). The number of benzene rings is 1. The van der Waals surface area contributed by atoms with E-state index in [1.54, 1.807) is 32.9 Å². The molecule has 1 N–H and O–H groups in total. The molecule has 6 heteroatoms. The highest BCUT2D eigenvalue weighted by atomic mass is 16.6. The topological polar surface area (TPSA) is 81.5 Å². The minimum absolute atomic E-state index is 0.0506. The van der Waals surface area contributed by atoms with Crippen LogP contribution in [-0.2, 0) is 10.2 Å². The molecule has 0 radical (unpaired) electrons. The Morgan fingerprint density at radius 3 is 2.14 bits per heavy atom. The predicted octanol–water partition coefficient (Wildman–Crippen LogP) is 3.40. The average molecular weight is 294 g/mol. The maximum atomic E-state index is 11.7. The minimum atomic E-state index is -0.540. The van der Waals surface area contributed by atoms with E-state index in [2.05, 4.69) is 5.32 Å². The van der Waals surface area contributed by atoms with Crippen LogP contribution in [0.25, 0.3) is 0 Å². The Balaban J connectivity index is 2.68. The van der Waals surface area contributed by atoms with Gasteiger partial charge >= 0.3 is 6.09 Å². The van der Waals surface area contributed by atoms with E-state index in [9.17, 15) is 14.9 Å². The fourth-order valence-electron chi connectivity index (χ4n) is 1.74. The summed E-state index contributed by atoms with van der Waals surface area (Å²) in [5.41, 5.74) is 0.0620. The molecule has 0 unspecified atom stereocenters. The van der Waals surface area contributed by atoms with Crippen molar-refractivity contribution < 1.29 is 14.5 Å². The van der Waals surface area contributed by atoms with Gasteiger partial charge in [0.25, 0.3) is 5.69 Å². The third-order valence-electron chi connectivity index (χ3n) is 2.93. The Kier molecular flexibility index (Phi) is 4.93. The zero-order valence-corrected chi connectivity index (χ0v) is 13.1. The second-order valence-electron chi connectivity index (χ2n) is 6.54. The fraction of sp³-hybridized carbons (Fsp3) is 0.533. The van der Waals surface area contributed by atoms with E-state index in [1.807, 2.05) is 13.8 Å². The number of hydrogen-bond acceptors (Lipinski definition) is 4. The maximum absolute atomic E-state index is 11.7. The summed E-state index contributed by atoms with van der Waals surface area (Å²) in [4.78, 5) is 21.9. The standard InChI is InChI=1S/C15H22N2O4/c1-14(2,3)21-13(18)16-10-15(4,5)11-6-8-12(9-7-11)17(19)20/h6-9H,10H2,1-5H3,(H,16,18). The predicted molar refractivity (Wildman–Crippen MR) is 80.4 cm³/mol. The van der Waals surface area contributed by atoms with Gasteiger partial charge in [0.05, 0.1) is 4.92 Å². The SMILES string of the molecule is CC(C)(C)OC(=O)NCC(C)(C)c1ccc([N+](=O)[O-])cc1. The molecule has 0 fully saturated rings. The van der Waals surface area contributed by atoms with Crippen molar-refractivity contribution in [3.05, 3.63) is 39.9 Å². The molecule has 0 heterocycles. The van der Waals surface area contributed by atoms with Crippen molar-refractivity contribution >= 4 is 11.8 Å². The molecule has 0 aromatic heterocycles. The smallest absolute Gasteiger partial charge is 0.407 e. The van der Waals surface area contributed by atoms with Crippen molar-refractivity contribution in [3.63, 3.8) is 0 Å². The van der Waals surface area contributed by atoms with Crippen LogP contribution in [0.15, 0.2) is 24.3 Å². The lowest BCUT2D eigenvalue weighted by Gasteiger charge is -2.27. The van der Waals surface area contributed by atoms with Crippen LogP contribution in [0.5, 0.6) is 0 Å². The lowest BCUT2D eigenvalue weighted by atomic mass is 9.84. The summed E-state index contributed by atoms with van der Waals surface area (Å²) in [6, 6.07) is 6.33. The highest BCUT2D eigenvalue weighted by Gasteiger charge is 2.24. The Morgan fingerprint density at radius 1 is 1.19 bits per heavy atom. The summed E-state index contributed by atoms with van der Waals surface area (Å²) in [6.45, 7) is 9.67. The van der Waals surface area contributed by atoms with Crippen LogP contribution >= 0.6 is 0 Å². The van der Waals surface area contributed by atoms with Gasteiger partial charge < -0.3 is 10.1 Å². The molecule has 0 saturated heterocycles. The first kappa shape index (κ1) is 16.9.